The minimum absolute atomic E-state index is 0.191. The van der Waals surface area contributed by atoms with Crippen molar-refractivity contribution in [3.05, 3.63) is 101 Å². The lowest BCUT2D eigenvalue weighted by Crippen LogP contribution is -2.28. The van der Waals surface area contributed by atoms with Gasteiger partial charge in [-0.2, -0.15) is 0 Å². The zero-order chi connectivity index (χ0) is 23.7. The molecule has 5 rings (SSSR count). The van der Waals surface area contributed by atoms with E-state index in [1.165, 1.54) is 0 Å². The summed E-state index contributed by atoms with van der Waals surface area (Å²) in [6, 6.07) is 20.4. The highest BCUT2D eigenvalue weighted by molar-refractivity contribution is 6.30. The summed E-state index contributed by atoms with van der Waals surface area (Å²) in [4.78, 5) is 27.2. The first kappa shape index (κ1) is 21.9. The molecule has 0 aliphatic heterocycles. The van der Waals surface area contributed by atoms with Gasteiger partial charge in [-0.05, 0) is 48.4 Å². The van der Waals surface area contributed by atoms with Crippen LogP contribution in [0.25, 0.3) is 44.7 Å². The fraction of sp³-hybridized carbons (Fsp3) is 0.111. The smallest absolute Gasteiger partial charge is 0.262 e. The number of fused-ring (bicyclic) bond motifs is 1. The van der Waals surface area contributed by atoms with Gasteiger partial charge in [0, 0.05) is 34.7 Å². The van der Waals surface area contributed by atoms with Crippen LogP contribution >= 0.6 is 11.6 Å². The quantitative estimate of drug-likeness (QED) is 0.374. The van der Waals surface area contributed by atoms with Crippen LogP contribution in [0.2, 0.25) is 5.02 Å². The van der Waals surface area contributed by atoms with E-state index < -0.39 is 6.04 Å². The number of pyridine rings is 2. The molecule has 5 aromatic rings. The van der Waals surface area contributed by atoms with Crippen molar-refractivity contribution in [3.63, 3.8) is 0 Å². The molecule has 1 N–H and O–H groups in total. The molecule has 6 nitrogen and oxygen atoms in total. The van der Waals surface area contributed by atoms with Crippen LogP contribution in [-0.2, 0) is 0 Å². The molecule has 0 fully saturated rings. The molecule has 168 valence electrons. The Balaban J connectivity index is 1.72. The molecule has 3 aromatic heterocycles. The highest BCUT2D eigenvalue weighted by atomic mass is 35.5. The Labute approximate surface area is 201 Å². The fourth-order valence-electron chi connectivity index (χ4n) is 3.99. The van der Waals surface area contributed by atoms with Crippen LogP contribution in [0.15, 0.2) is 90.1 Å². The lowest BCUT2D eigenvalue weighted by Gasteiger charge is -2.19. The lowest BCUT2D eigenvalue weighted by molar-refractivity contribution is 0.237. The van der Waals surface area contributed by atoms with E-state index in [0.29, 0.717) is 27.4 Å². The van der Waals surface area contributed by atoms with Crippen LogP contribution in [0.3, 0.4) is 0 Å². The standard InChI is InChI=1S/C27H21ClN4O2/c1-17(16-33)32-26(20-6-4-18(5-7-20)19-8-10-22(28)11-9-19)31-25-23(27(32)34)12-14-30-24(25)21-3-2-13-29-15-21/h2-15,17,33H,16H2,1H3. The van der Waals surface area contributed by atoms with Crippen LogP contribution < -0.4 is 5.56 Å². The third-order valence-corrected chi connectivity index (χ3v) is 6.03. The summed E-state index contributed by atoms with van der Waals surface area (Å²) in [7, 11) is 0. The highest BCUT2D eigenvalue weighted by Gasteiger charge is 2.19. The van der Waals surface area contributed by atoms with Gasteiger partial charge in [0.25, 0.3) is 5.56 Å². The van der Waals surface area contributed by atoms with E-state index >= 15 is 0 Å². The van der Waals surface area contributed by atoms with E-state index in [1.807, 2.05) is 60.7 Å². The van der Waals surface area contributed by atoms with E-state index in [1.54, 1.807) is 36.1 Å². The fourth-order valence-corrected chi connectivity index (χ4v) is 4.11. The molecule has 0 saturated heterocycles. The van der Waals surface area contributed by atoms with Crippen molar-refractivity contribution in [3.8, 4) is 33.8 Å². The average Bonchev–Trinajstić information content (AvgIpc) is 2.89. The Bertz CT molecular complexity index is 1520. The molecule has 0 spiro atoms. The predicted molar refractivity (Wildman–Crippen MR) is 135 cm³/mol. The van der Waals surface area contributed by atoms with Gasteiger partial charge in [-0.15, -0.1) is 0 Å². The number of hydrogen-bond donors (Lipinski definition) is 1. The van der Waals surface area contributed by atoms with E-state index in [0.717, 1.165) is 22.3 Å². The van der Waals surface area contributed by atoms with Gasteiger partial charge < -0.3 is 5.11 Å². The second kappa shape index (κ2) is 9.17. The van der Waals surface area contributed by atoms with E-state index in [9.17, 15) is 9.90 Å². The van der Waals surface area contributed by atoms with Crippen molar-refractivity contribution >= 4 is 22.5 Å². The van der Waals surface area contributed by atoms with Crippen molar-refractivity contribution in [1.82, 2.24) is 19.5 Å². The highest BCUT2D eigenvalue weighted by Crippen LogP contribution is 2.29. The SMILES string of the molecule is CC(CO)n1c(-c2ccc(-c3ccc(Cl)cc3)cc2)nc2c(-c3cccnc3)nccc2c1=O. The molecule has 0 saturated carbocycles. The summed E-state index contributed by atoms with van der Waals surface area (Å²) in [6.07, 6.45) is 4.99. The van der Waals surface area contributed by atoms with Gasteiger partial charge >= 0.3 is 0 Å². The van der Waals surface area contributed by atoms with Crippen molar-refractivity contribution in [1.29, 1.82) is 0 Å². The first-order valence-corrected chi connectivity index (χ1v) is 11.2. The maximum Gasteiger partial charge on any atom is 0.262 e. The molecule has 1 unspecified atom stereocenters. The minimum Gasteiger partial charge on any atom is -0.394 e. The summed E-state index contributed by atoms with van der Waals surface area (Å²) < 4.78 is 1.55. The Morgan fingerprint density at radius 2 is 1.59 bits per heavy atom. The number of benzene rings is 2. The van der Waals surface area contributed by atoms with Gasteiger partial charge in [-0.1, -0.05) is 48.0 Å². The maximum atomic E-state index is 13.6. The lowest BCUT2D eigenvalue weighted by atomic mass is 10.0. The van der Waals surface area contributed by atoms with Crippen LogP contribution in [0.1, 0.15) is 13.0 Å². The molecule has 0 aliphatic rings. The second-order valence-corrected chi connectivity index (χ2v) is 8.46. The molecule has 0 radical (unpaired) electrons. The van der Waals surface area contributed by atoms with Crippen molar-refractivity contribution in [2.75, 3.05) is 6.61 Å². The van der Waals surface area contributed by atoms with Gasteiger partial charge in [0.1, 0.15) is 11.3 Å². The van der Waals surface area contributed by atoms with Crippen LogP contribution in [0.5, 0.6) is 0 Å². The third kappa shape index (κ3) is 3.98. The monoisotopic (exact) mass is 468 g/mol. The molecule has 7 heteroatoms. The summed E-state index contributed by atoms with van der Waals surface area (Å²) >= 11 is 6.01. The summed E-state index contributed by atoms with van der Waals surface area (Å²) in [5.74, 6) is 0.472. The normalized spacial score (nSPS) is 12.1. The molecular weight excluding hydrogens is 448 g/mol. The number of aliphatic hydroxyl groups is 1. The molecule has 2 aromatic carbocycles. The van der Waals surface area contributed by atoms with Gasteiger partial charge in [-0.3, -0.25) is 19.3 Å². The predicted octanol–water partition coefficient (Wildman–Crippen LogP) is 5.39. The van der Waals surface area contributed by atoms with Gasteiger partial charge in [0.05, 0.1) is 23.7 Å². The van der Waals surface area contributed by atoms with E-state index in [-0.39, 0.29) is 12.2 Å². The Morgan fingerprint density at radius 3 is 2.24 bits per heavy atom. The molecular formula is C27H21ClN4O2. The summed E-state index contributed by atoms with van der Waals surface area (Å²) in [6.45, 7) is 1.60. The van der Waals surface area contributed by atoms with Crippen LogP contribution in [-0.4, -0.2) is 31.2 Å². The molecule has 0 bridgehead atoms. The van der Waals surface area contributed by atoms with E-state index in [4.69, 9.17) is 16.6 Å². The average molecular weight is 469 g/mol. The first-order chi connectivity index (χ1) is 16.6. The number of nitrogens with zero attached hydrogens (tertiary/aromatic N) is 4. The number of aromatic nitrogens is 4. The first-order valence-electron chi connectivity index (χ1n) is 10.9. The topological polar surface area (TPSA) is 80.9 Å². The molecule has 0 aliphatic carbocycles. The number of aliphatic hydroxyl groups excluding tert-OH is 1. The Kier molecular flexibility index (Phi) is 5.92. The zero-order valence-electron chi connectivity index (χ0n) is 18.4. The zero-order valence-corrected chi connectivity index (χ0v) is 19.1. The maximum absolute atomic E-state index is 13.6. The van der Waals surface area contributed by atoms with Crippen molar-refractivity contribution < 1.29 is 5.11 Å². The molecule has 3 heterocycles. The molecule has 0 amide bonds. The van der Waals surface area contributed by atoms with Gasteiger partial charge in [0.15, 0.2) is 0 Å². The van der Waals surface area contributed by atoms with Gasteiger partial charge in [-0.25, -0.2) is 4.98 Å². The number of rotatable bonds is 5. The summed E-state index contributed by atoms with van der Waals surface area (Å²) in [5, 5.41) is 11.0. The Morgan fingerprint density at radius 1 is 0.912 bits per heavy atom. The van der Waals surface area contributed by atoms with Crippen LogP contribution in [0.4, 0.5) is 0 Å². The molecule has 1 atom stereocenters. The largest absolute Gasteiger partial charge is 0.394 e. The summed E-state index contributed by atoms with van der Waals surface area (Å²) in [5.41, 5.74) is 4.45. The minimum atomic E-state index is -0.453. The van der Waals surface area contributed by atoms with Crippen molar-refractivity contribution in [2.24, 2.45) is 0 Å². The van der Waals surface area contributed by atoms with Gasteiger partial charge in [0.2, 0.25) is 0 Å². The second-order valence-electron chi connectivity index (χ2n) is 8.02. The number of halogens is 1. The number of hydrogen-bond acceptors (Lipinski definition) is 5. The molecule has 34 heavy (non-hydrogen) atoms. The van der Waals surface area contributed by atoms with E-state index in [2.05, 4.69) is 9.97 Å². The third-order valence-electron chi connectivity index (χ3n) is 5.78. The Hall–Kier alpha value is -3.87. The van der Waals surface area contributed by atoms with Crippen molar-refractivity contribution in [2.45, 2.75) is 13.0 Å². The van der Waals surface area contributed by atoms with Crippen LogP contribution in [0, 0.1) is 0 Å².